The van der Waals surface area contributed by atoms with Crippen molar-refractivity contribution in [1.29, 1.82) is 0 Å². The van der Waals surface area contributed by atoms with Gasteiger partial charge in [-0.15, -0.1) is 0 Å². The number of nitrogens with one attached hydrogen (secondary N) is 1. The number of aliphatic hydroxyl groups is 1. The Morgan fingerprint density at radius 2 is 1.53 bits per heavy atom. The topological polar surface area (TPSA) is 91.7 Å². The third kappa shape index (κ3) is 4.13. The first-order chi connectivity index (χ1) is 14.7. The van der Waals surface area contributed by atoms with Crippen LogP contribution in [0.25, 0.3) is 10.8 Å². The van der Waals surface area contributed by atoms with Gasteiger partial charge in [-0.2, -0.15) is 26.3 Å². The fourth-order valence-electron chi connectivity index (χ4n) is 2.81. The number of pyridine rings is 1. The standard InChI is InChI=1S/C20H14F6N2O4/c1-10-14-9-12(32-11-5-3-2-4-6-11)7-8-13(14)16(29)15(27-10)17(30)28-18(31,19(21,22)23)20(24,25)26/h2-9,29,31H,1H3,(H,28,30). The van der Waals surface area contributed by atoms with Gasteiger partial charge in [0.25, 0.3) is 5.91 Å². The van der Waals surface area contributed by atoms with Gasteiger partial charge in [0, 0.05) is 16.5 Å². The average molecular weight is 460 g/mol. The molecule has 0 aliphatic rings. The van der Waals surface area contributed by atoms with E-state index >= 15 is 0 Å². The fourth-order valence-corrected chi connectivity index (χ4v) is 2.81. The van der Waals surface area contributed by atoms with E-state index < -0.39 is 35.4 Å². The van der Waals surface area contributed by atoms with Gasteiger partial charge >= 0.3 is 18.1 Å². The van der Waals surface area contributed by atoms with Crippen molar-refractivity contribution in [2.24, 2.45) is 0 Å². The molecule has 0 spiro atoms. The van der Waals surface area contributed by atoms with Gasteiger partial charge in [-0.3, -0.25) is 4.79 Å². The van der Waals surface area contributed by atoms with Crippen LogP contribution in [0.1, 0.15) is 16.2 Å². The van der Waals surface area contributed by atoms with Gasteiger partial charge in [0.15, 0.2) is 11.4 Å². The van der Waals surface area contributed by atoms with Crippen LogP contribution >= 0.6 is 0 Å². The lowest BCUT2D eigenvalue weighted by Gasteiger charge is -2.32. The number of nitrogens with zero attached hydrogens (tertiary/aromatic N) is 1. The molecule has 0 bridgehead atoms. The summed E-state index contributed by atoms with van der Waals surface area (Å²) in [4.78, 5) is 15.8. The summed E-state index contributed by atoms with van der Waals surface area (Å²) >= 11 is 0. The largest absolute Gasteiger partial charge is 0.505 e. The molecular formula is C20H14F6N2O4. The molecule has 0 aliphatic heterocycles. The molecule has 3 rings (SSSR count). The van der Waals surface area contributed by atoms with Crippen molar-refractivity contribution in [3.8, 4) is 17.2 Å². The molecular weight excluding hydrogens is 446 g/mol. The number of carbonyl (C=O) groups excluding carboxylic acids is 1. The van der Waals surface area contributed by atoms with Gasteiger partial charge in [0.05, 0.1) is 0 Å². The summed E-state index contributed by atoms with van der Waals surface area (Å²) in [6, 6.07) is 12.6. The molecule has 0 aliphatic carbocycles. The molecule has 1 amide bonds. The van der Waals surface area contributed by atoms with E-state index in [2.05, 4.69) is 4.98 Å². The van der Waals surface area contributed by atoms with Gasteiger partial charge in [-0.05, 0) is 37.3 Å². The lowest BCUT2D eigenvalue weighted by Crippen LogP contribution is -2.67. The van der Waals surface area contributed by atoms with Crippen molar-refractivity contribution in [1.82, 2.24) is 10.3 Å². The Morgan fingerprint density at radius 1 is 0.938 bits per heavy atom. The van der Waals surface area contributed by atoms with Gasteiger partial charge in [0.1, 0.15) is 11.5 Å². The summed E-state index contributed by atoms with van der Waals surface area (Å²) in [6.07, 6.45) is -12.6. The van der Waals surface area contributed by atoms with Crippen LogP contribution in [0.5, 0.6) is 17.2 Å². The van der Waals surface area contributed by atoms with Crippen molar-refractivity contribution in [3.05, 3.63) is 59.9 Å². The van der Waals surface area contributed by atoms with E-state index in [0.29, 0.717) is 16.8 Å². The maximum Gasteiger partial charge on any atom is 0.446 e. The van der Waals surface area contributed by atoms with Crippen LogP contribution in [0.15, 0.2) is 48.5 Å². The highest BCUT2D eigenvalue weighted by molar-refractivity contribution is 6.03. The molecule has 0 saturated carbocycles. The lowest BCUT2D eigenvalue weighted by atomic mass is 10.1. The molecule has 170 valence electrons. The number of rotatable bonds is 4. The van der Waals surface area contributed by atoms with E-state index in [1.165, 1.54) is 25.1 Å². The summed E-state index contributed by atoms with van der Waals surface area (Å²) < 4.78 is 82.7. The van der Waals surface area contributed by atoms with Crippen molar-refractivity contribution < 1.29 is 46.1 Å². The van der Waals surface area contributed by atoms with E-state index in [0.717, 1.165) is 0 Å². The van der Waals surface area contributed by atoms with Crippen LogP contribution in [0, 0.1) is 6.92 Å². The summed E-state index contributed by atoms with van der Waals surface area (Å²) in [5.74, 6) is -2.26. The summed E-state index contributed by atoms with van der Waals surface area (Å²) in [6.45, 7) is 1.32. The van der Waals surface area contributed by atoms with Crippen LogP contribution in [-0.2, 0) is 0 Å². The smallest absolute Gasteiger partial charge is 0.446 e. The molecule has 3 aromatic rings. The number of fused-ring (bicyclic) bond motifs is 1. The monoisotopic (exact) mass is 460 g/mol. The first kappa shape index (κ1) is 23.1. The van der Waals surface area contributed by atoms with Crippen LogP contribution < -0.4 is 10.1 Å². The Bertz CT molecular complexity index is 1150. The van der Waals surface area contributed by atoms with Crippen molar-refractivity contribution in [3.63, 3.8) is 0 Å². The van der Waals surface area contributed by atoms with Gasteiger partial charge < -0.3 is 20.3 Å². The van der Waals surface area contributed by atoms with Gasteiger partial charge in [0.2, 0.25) is 0 Å². The summed E-state index contributed by atoms with van der Waals surface area (Å²) in [7, 11) is 0. The van der Waals surface area contributed by atoms with Gasteiger partial charge in [-0.25, -0.2) is 4.98 Å². The Balaban J connectivity index is 2.00. The highest BCUT2D eigenvalue weighted by Crippen LogP contribution is 2.42. The quantitative estimate of drug-likeness (QED) is 0.392. The number of aromatic nitrogens is 1. The van der Waals surface area contributed by atoms with Crippen LogP contribution in [0.4, 0.5) is 26.3 Å². The molecule has 32 heavy (non-hydrogen) atoms. The van der Waals surface area contributed by atoms with E-state index in [9.17, 15) is 36.2 Å². The predicted octanol–water partition coefficient (Wildman–Crippen LogP) is 4.58. The van der Waals surface area contributed by atoms with Crippen LogP contribution in [0.2, 0.25) is 0 Å². The molecule has 3 N–H and O–H groups in total. The minimum Gasteiger partial charge on any atom is -0.505 e. The number of ether oxygens (including phenoxy) is 1. The zero-order chi connectivity index (χ0) is 23.9. The fraction of sp³-hybridized carbons (Fsp3) is 0.200. The summed E-state index contributed by atoms with van der Waals surface area (Å²) in [5, 5.41) is 20.1. The Kier molecular flexibility index (Phi) is 5.68. The minimum absolute atomic E-state index is 0.00372. The van der Waals surface area contributed by atoms with Crippen LogP contribution in [-0.4, -0.2) is 39.2 Å². The number of para-hydroxylation sites is 1. The molecule has 12 heteroatoms. The third-order valence-corrected chi connectivity index (χ3v) is 4.45. The molecule has 0 atom stereocenters. The van der Waals surface area contributed by atoms with Crippen molar-refractivity contribution >= 4 is 16.7 Å². The molecule has 6 nitrogen and oxygen atoms in total. The molecule has 2 aromatic carbocycles. The summed E-state index contributed by atoms with van der Waals surface area (Å²) in [5.41, 5.74) is -6.66. The lowest BCUT2D eigenvalue weighted by molar-refractivity contribution is -0.375. The second-order valence-corrected chi connectivity index (χ2v) is 6.68. The van der Waals surface area contributed by atoms with E-state index in [-0.39, 0.29) is 16.5 Å². The molecule has 0 unspecified atom stereocenters. The Hall–Kier alpha value is -3.54. The average Bonchev–Trinajstić information content (AvgIpc) is 2.69. The normalized spacial score (nSPS) is 12.6. The zero-order valence-corrected chi connectivity index (χ0v) is 16.0. The Morgan fingerprint density at radius 3 is 2.09 bits per heavy atom. The Labute approximate surface area is 176 Å². The zero-order valence-electron chi connectivity index (χ0n) is 16.0. The highest BCUT2D eigenvalue weighted by atomic mass is 19.4. The molecule has 0 saturated heterocycles. The maximum atomic E-state index is 12.9. The second kappa shape index (κ2) is 7.86. The number of alkyl halides is 6. The number of hydrogen-bond donors (Lipinski definition) is 3. The third-order valence-electron chi connectivity index (χ3n) is 4.45. The SMILES string of the molecule is Cc1nc(C(=O)NC(O)(C(F)(F)F)C(F)(F)F)c(O)c2ccc(Oc3ccccc3)cc12. The van der Waals surface area contributed by atoms with Crippen molar-refractivity contribution in [2.75, 3.05) is 0 Å². The van der Waals surface area contributed by atoms with E-state index in [1.54, 1.807) is 30.3 Å². The number of halogens is 6. The number of hydrogen-bond acceptors (Lipinski definition) is 5. The van der Waals surface area contributed by atoms with E-state index in [1.807, 2.05) is 0 Å². The van der Waals surface area contributed by atoms with Gasteiger partial charge in [-0.1, -0.05) is 18.2 Å². The molecule has 1 aromatic heterocycles. The second-order valence-electron chi connectivity index (χ2n) is 6.68. The van der Waals surface area contributed by atoms with E-state index in [4.69, 9.17) is 9.84 Å². The van der Waals surface area contributed by atoms with Crippen molar-refractivity contribution in [2.45, 2.75) is 25.0 Å². The number of amides is 1. The van der Waals surface area contributed by atoms with Crippen LogP contribution in [0.3, 0.4) is 0 Å². The number of carbonyl (C=O) groups is 1. The molecule has 0 radical (unpaired) electrons. The first-order valence-electron chi connectivity index (χ1n) is 8.79. The highest BCUT2D eigenvalue weighted by Gasteiger charge is 2.72. The molecule has 1 heterocycles. The predicted molar refractivity (Wildman–Crippen MR) is 99.2 cm³/mol. The number of aromatic hydroxyl groups is 1. The molecule has 0 fully saturated rings. The minimum atomic E-state index is -6.29. The first-order valence-corrected chi connectivity index (χ1v) is 8.79. The number of benzene rings is 2. The number of aryl methyl sites for hydroxylation is 1. The maximum absolute atomic E-state index is 12.9.